The Labute approximate surface area is 84.1 Å². The van der Waals surface area contributed by atoms with Crippen LogP contribution in [0.4, 0.5) is 0 Å². The maximum atomic E-state index is 11.2. The Bertz CT molecular complexity index is 342. The van der Waals surface area contributed by atoms with Crippen LogP contribution in [-0.4, -0.2) is 32.4 Å². The lowest BCUT2D eigenvalue weighted by Gasteiger charge is -2.15. The fourth-order valence-electron chi connectivity index (χ4n) is 1.49. The van der Waals surface area contributed by atoms with Gasteiger partial charge in [0.15, 0.2) is 5.75 Å². The quantitative estimate of drug-likeness (QED) is 0.723. The van der Waals surface area contributed by atoms with Crippen molar-refractivity contribution < 1.29 is 13.2 Å². The minimum absolute atomic E-state index is 0.205. The monoisotopic (exact) mass is 218 g/mol. The fourth-order valence-corrected chi connectivity index (χ4v) is 2.41. The van der Waals surface area contributed by atoms with Crippen molar-refractivity contribution in [3.05, 3.63) is 0 Å². The Morgan fingerprint density at radius 1 is 1.64 bits per heavy atom. The van der Waals surface area contributed by atoms with Gasteiger partial charge in [0.05, 0.1) is 18.3 Å². The van der Waals surface area contributed by atoms with Crippen LogP contribution in [0, 0.1) is 11.3 Å². The molecule has 1 heterocycles. The molecule has 6 heteroatoms. The van der Waals surface area contributed by atoms with Crippen LogP contribution in [0.25, 0.3) is 0 Å². The molecule has 1 saturated heterocycles. The molecule has 0 aromatic heterocycles. The van der Waals surface area contributed by atoms with Gasteiger partial charge in [-0.3, -0.25) is 0 Å². The summed E-state index contributed by atoms with van der Waals surface area (Å²) in [6, 6.07) is 1.41. The third kappa shape index (κ3) is 3.25. The summed E-state index contributed by atoms with van der Waals surface area (Å²) in [7, 11) is -3.46. The average molecular weight is 218 g/mol. The molecule has 1 rings (SSSR count). The molecule has 1 unspecified atom stereocenters. The molecule has 1 atom stereocenters. The van der Waals surface area contributed by atoms with Crippen molar-refractivity contribution in [1.82, 2.24) is 4.72 Å². The zero-order chi connectivity index (χ0) is 10.8. The lowest BCUT2D eigenvalue weighted by Crippen LogP contribution is -2.37. The van der Waals surface area contributed by atoms with E-state index in [2.05, 4.69) is 4.72 Å². The van der Waals surface area contributed by atoms with Gasteiger partial charge >= 0.3 is 0 Å². The number of rotatable bonds is 3. The van der Waals surface area contributed by atoms with Crippen molar-refractivity contribution in [2.75, 3.05) is 12.4 Å². The highest BCUT2D eigenvalue weighted by atomic mass is 32.2. The molecule has 0 bridgehead atoms. The highest BCUT2D eigenvalue weighted by Crippen LogP contribution is 2.24. The van der Waals surface area contributed by atoms with Crippen LogP contribution in [0.5, 0.6) is 0 Å². The summed E-state index contributed by atoms with van der Waals surface area (Å²) < 4.78 is 30.2. The summed E-state index contributed by atoms with van der Waals surface area (Å²) in [5, 5.41) is 8.28. The summed E-state index contributed by atoms with van der Waals surface area (Å²) in [6.45, 7) is 4.19. The molecule has 1 aliphatic rings. The molecule has 0 aromatic rings. The third-order valence-electron chi connectivity index (χ3n) is 2.01. The Kier molecular flexibility index (Phi) is 3.14. The first kappa shape index (κ1) is 11.4. The van der Waals surface area contributed by atoms with Gasteiger partial charge in [-0.2, -0.15) is 5.26 Å². The van der Waals surface area contributed by atoms with Crippen LogP contribution >= 0.6 is 0 Å². The van der Waals surface area contributed by atoms with Crippen LogP contribution in [0.2, 0.25) is 0 Å². The van der Waals surface area contributed by atoms with Crippen LogP contribution in [-0.2, 0) is 14.8 Å². The minimum atomic E-state index is -3.46. The molecule has 0 saturated carbocycles. The topological polar surface area (TPSA) is 79.2 Å². The SMILES string of the molecule is CC1(C)CC(NS(=O)(=O)CC#N)CO1. The molecule has 5 nitrogen and oxygen atoms in total. The summed E-state index contributed by atoms with van der Waals surface area (Å²) in [5.41, 5.74) is -0.278. The molecule has 0 aliphatic carbocycles. The van der Waals surface area contributed by atoms with Crippen molar-refractivity contribution in [2.24, 2.45) is 0 Å². The summed E-state index contributed by atoms with van der Waals surface area (Å²) in [6.07, 6.45) is 0.637. The van der Waals surface area contributed by atoms with E-state index in [1.54, 1.807) is 6.07 Å². The Hall–Kier alpha value is -0.640. The highest BCUT2D eigenvalue weighted by molar-refractivity contribution is 7.89. The van der Waals surface area contributed by atoms with E-state index >= 15 is 0 Å². The summed E-state index contributed by atoms with van der Waals surface area (Å²) in [4.78, 5) is 0. The zero-order valence-corrected chi connectivity index (χ0v) is 9.10. The predicted molar refractivity (Wildman–Crippen MR) is 51.0 cm³/mol. The normalized spacial score (nSPS) is 25.9. The first-order valence-electron chi connectivity index (χ1n) is 4.35. The number of hydrogen-bond donors (Lipinski definition) is 1. The maximum Gasteiger partial charge on any atom is 0.225 e. The second kappa shape index (κ2) is 3.85. The van der Waals surface area contributed by atoms with E-state index in [1.165, 1.54) is 0 Å². The van der Waals surface area contributed by atoms with Gasteiger partial charge in [0, 0.05) is 6.04 Å². The molecule has 80 valence electrons. The van der Waals surface area contributed by atoms with Gasteiger partial charge in [-0.25, -0.2) is 13.1 Å². The van der Waals surface area contributed by atoms with Gasteiger partial charge in [-0.15, -0.1) is 0 Å². The Balaban J connectivity index is 2.52. The number of sulfonamides is 1. The first-order valence-corrected chi connectivity index (χ1v) is 6.01. The molecular formula is C8H14N2O3S. The largest absolute Gasteiger partial charge is 0.374 e. The lowest BCUT2D eigenvalue weighted by atomic mass is 10.0. The van der Waals surface area contributed by atoms with Crippen molar-refractivity contribution in [3.8, 4) is 6.07 Å². The number of nitrogens with zero attached hydrogens (tertiary/aromatic N) is 1. The minimum Gasteiger partial charge on any atom is -0.374 e. The van der Waals surface area contributed by atoms with E-state index < -0.39 is 15.8 Å². The van der Waals surface area contributed by atoms with Crippen molar-refractivity contribution >= 4 is 10.0 Å². The maximum absolute atomic E-state index is 11.2. The van der Waals surface area contributed by atoms with Gasteiger partial charge in [-0.1, -0.05) is 0 Å². The van der Waals surface area contributed by atoms with Gasteiger partial charge in [0.1, 0.15) is 0 Å². The number of ether oxygens (including phenoxy) is 1. The number of nitriles is 1. The lowest BCUT2D eigenvalue weighted by molar-refractivity contribution is 0.0359. The molecule has 1 N–H and O–H groups in total. The molecule has 14 heavy (non-hydrogen) atoms. The van der Waals surface area contributed by atoms with Crippen LogP contribution < -0.4 is 4.72 Å². The first-order chi connectivity index (χ1) is 6.35. The van der Waals surface area contributed by atoms with Crippen molar-refractivity contribution in [2.45, 2.75) is 31.9 Å². The summed E-state index contributed by atoms with van der Waals surface area (Å²) >= 11 is 0. The molecule has 1 aliphatic heterocycles. The fraction of sp³-hybridized carbons (Fsp3) is 0.875. The molecule has 1 fully saturated rings. The molecule has 0 amide bonds. The van der Waals surface area contributed by atoms with E-state index in [0.29, 0.717) is 13.0 Å². The molecule has 0 spiro atoms. The van der Waals surface area contributed by atoms with E-state index in [0.717, 1.165) is 0 Å². The highest BCUT2D eigenvalue weighted by Gasteiger charge is 2.33. The van der Waals surface area contributed by atoms with Crippen molar-refractivity contribution in [1.29, 1.82) is 5.26 Å². The van der Waals surface area contributed by atoms with E-state index in [1.807, 2.05) is 13.8 Å². The molecular weight excluding hydrogens is 204 g/mol. The van der Waals surface area contributed by atoms with Gasteiger partial charge in [-0.05, 0) is 20.3 Å². The second-order valence-corrected chi connectivity index (χ2v) is 5.76. The van der Waals surface area contributed by atoms with Crippen molar-refractivity contribution in [3.63, 3.8) is 0 Å². The standard InChI is InChI=1S/C8H14N2O3S/c1-8(2)5-7(6-13-8)10-14(11,12)4-3-9/h7,10H,4-6H2,1-2H3. The second-order valence-electron chi connectivity index (χ2n) is 4.01. The van der Waals surface area contributed by atoms with E-state index in [-0.39, 0.29) is 11.6 Å². The van der Waals surface area contributed by atoms with Gasteiger partial charge in [0.2, 0.25) is 10.0 Å². The Morgan fingerprint density at radius 2 is 2.29 bits per heavy atom. The van der Waals surface area contributed by atoms with E-state index in [4.69, 9.17) is 10.00 Å². The van der Waals surface area contributed by atoms with Gasteiger partial charge in [0.25, 0.3) is 0 Å². The van der Waals surface area contributed by atoms with Crippen LogP contribution in [0.1, 0.15) is 20.3 Å². The van der Waals surface area contributed by atoms with E-state index in [9.17, 15) is 8.42 Å². The smallest absolute Gasteiger partial charge is 0.225 e. The molecule has 0 radical (unpaired) electrons. The Morgan fingerprint density at radius 3 is 2.71 bits per heavy atom. The number of nitrogens with one attached hydrogen (secondary N) is 1. The average Bonchev–Trinajstić information content (AvgIpc) is 2.28. The molecule has 0 aromatic carbocycles. The number of hydrogen-bond acceptors (Lipinski definition) is 4. The third-order valence-corrected chi connectivity index (χ3v) is 3.22. The van der Waals surface area contributed by atoms with Crippen LogP contribution in [0.3, 0.4) is 0 Å². The van der Waals surface area contributed by atoms with Crippen LogP contribution in [0.15, 0.2) is 0 Å². The zero-order valence-electron chi connectivity index (χ0n) is 8.28. The van der Waals surface area contributed by atoms with Gasteiger partial charge < -0.3 is 4.74 Å². The summed E-state index contributed by atoms with van der Waals surface area (Å²) in [5.74, 6) is -0.496. The predicted octanol–water partition coefficient (Wildman–Crippen LogP) is -0.00312.